The number of carbonyl (C=O) groups excluding carboxylic acids is 1. The number of rotatable bonds is 5. The molecule has 1 heterocycles. The van der Waals surface area contributed by atoms with Crippen LogP contribution in [0.5, 0.6) is 0 Å². The van der Waals surface area contributed by atoms with Crippen molar-refractivity contribution in [1.82, 2.24) is 10.6 Å². The topological polar surface area (TPSA) is 41.1 Å². The lowest BCUT2D eigenvalue weighted by atomic mass is 9.63. The first-order chi connectivity index (χ1) is 13.5. The van der Waals surface area contributed by atoms with Crippen molar-refractivity contribution in [2.24, 2.45) is 16.7 Å². The maximum Gasteiger partial charge on any atom is 0.227 e. The van der Waals surface area contributed by atoms with Gasteiger partial charge in [-0.3, -0.25) is 4.79 Å². The normalized spacial score (nSPS) is 44.0. The van der Waals surface area contributed by atoms with Crippen LogP contribution in [0.4, 0.5) is 0 Å². The smallest absolute Gasteiger partial charge is 0.227 e. The predicted molar refractivity (Wildman–Crippen MR) is 113 cm³/mol. The third-order valence-corrected chi connectivity index (χ3v) is 8.84. The first kappa shape index (κ1) is 18.7. The Labute approximate surface area is 170 Å². The Morgan fingerprint density at radius 2 is 2.00 bits per heavy atom. The number of hydrogen-bond donors (Lipinski definition) is 2. The Morgan fingerprint density at radius 1 is 1.18 bits per heavy atom. The molecule has 0 radical (unpaired) electrons. The van der Waals surface area contributed by atoms with Crippen LogP contribution in [-0.4, -0.2) is 24.5 Å². The van der Waals surface area contributed by atoms with E-state index in [2.05, 4.69) is 54.8 Å². The molecule has 4 bridgehead atoms. The van der Waals surface area contributed by atoms with Gasteiger partial charge in [-0.15, -0.1) is 0 Å². The highest BCUT2D eigenvalue weighted by molar-refractivity contribution is 5.86. The summed E-state index contributed by atoms with van der Waals surface area (Å²) in [5, 5.41) is 7.08. The second-order valence-electron chi connectivity index (χ2n) is 10.6. The molecule has 0 aromatic heterocycles. The molecule has 3 nitrogen and oxygen atoms in total. The lowest BCUT2D eigenvalue weighted by Crippen LogP contribution is -2.53. The molecule has 1 aromatic rings. The average molecular weight is 381 g/mol. The van der Waals surface area contributed by atoms with Gasteiger partial charge in [0.1, 0.15) is 0 Å². The fourth-order valence-corrected chi connectivity index (χ4v) is 8.18. The van der Waals surface area contributed by atoms with Crippen molar-refractivity contribution in [3.8, 4) is 0 Å². The van der Waals surface area contributed by atoms with Crippen LogP contribution in [0.25, 0.3) is 0 Å². The number of amides is 1. The van der Waals surface area contributed by atoms with Gasteiger partial charge in [0.15, 0.2) is 0 Å². The van der Waals surface area contributed by atoms with Crippen LogP contribution in [0.15, 0.2) is 30.3 Å². The van der Waals surface area contributed by atoms with Crippen molar-refractivity contribution < 1.29 is 4.79 Å². The molecule has 152 valence electrons. The van der Waals surface area contributed by atoms with Crippen LogP contribution < -0.4 is 10.6 Å². The van der Waals surface area contributed by atoms with Gasteiger partial charge in [-0.25, -0.2) is 0 Å². The number of benzene rings is 1. The van der Waals surface area contributed by atoms with E-state index in [4.69, 9.17) is 0 Å². The molecule has 4 aliphatic carbocycles. The lowest BCUT2D eigenvalue weighted by molar-refractivity contribution is -0.137. The van der Waals surface area contributed by atoms with E-state index in [0.29, 0.717) is 18.0 Å². The summed E-state index contributed by atoms with van der Waals surface area (Å²) in [6, 6.07) is 12.0. The number of hydrogen-bond acceptors (Lipinski definition) is 2. The summed E-state index contributed by atoms with van der Waals surface area (Å²) in [7, 11) is 0. The third kappa shape index (κ3) is 2.61. The van der Waals surface area contributed by atoms with Gasteiger partial charge >= 0.3 is 0 Å². The zero-order valence-corrected chi connectivity index (χ0v) is 17.6. The van der Waals surface area contributed by atoms with Crippen LogP contribution in [-0.2, 0) is 10.2 Å². The molecule has 6 rings (SSSR count). The van der Waals surface area contributed by atoms with Gasteiger partial charge < -0.3 is 10.6 Å². The average Bonchev–Trinajstić information content (AvgIpc) is 3.02. The van der Waals surface area contributed by atoms with E-state index in [1.165, 1.54) is 37.7 Å². The largest absolute Gasteiger partial charge is 0.353 e. The molecule has 6 atom stereocenters. The minimum atomic E-state index is -0.129. The second kappa shape index (κ2) is 6.58. The summed E-state index contributed by atoms with van der Waals surface area (Å²) in [5.74, 6) is 1.13. The van der Waals surface area contributed by atoms with Crippen LogP contribution in [0.1, 0.15) is 77.2 Å². The van der Waals surface area contributed by atoms with Gasteiger partial charge in [-0.1, -0.05) is 43.7 Å². The Balaban J connectivity index is 1.48. The summed E-state index contributed by atoms with van der Waals surface area (Å²) in [6.45, 7) is 5.57. The zero-order valence-electron chi connectivity index (χ0n) is 17.6. The summed E-state index contributed by atoms with van der Waals surface area (Å²) in [5.41, 5.74) is 1.82. The van der Waals surface area contributed by atoms with E-state index in [9.17, 15) is 4.79 Å². The molecule has 5 aliphatic rings. The fourth-order valence-electron chi connectivity index (χ4n) is 8.18. The van der Waals surface area contributed by atoms with Gasteiger partial charge in [0, 0.05) is 12.1 Å². The maximum absolute atomic E-state index is 13.9. The van der Waals surface area contributed by atoms with E-state index in [1.54, 1.807) is 0 Å². The van der Waals surface area contributed by atoms with Crippen LogP contribution in [0.2, 0.25) is 0 Å². The van der Waals surface area contributed by atoms with Gasteiger partial charge in [-0.2, -0.15) is 0 Å². The summed E-state index contributed by atoms with van der Waals surface area (Å²) in [6.07, 6.45) is 10.6. The monoisotopic (exact) mass is 380 g/mol. The van der Waals surface area contributed by atoms with Gasteiger partial charge in [0.2, 0.25) is 5.91 Å². The molecular weight excluding hydrogens is 344 g/mol. The highest BCUT2D eigenvalue weighted by Crippen LogP contribution is 2.77. The molecule has 1 aliphatic heterocycles. The van der Waals surface area contributed by atoms with Crippen molar-refractivity contribution in [1.29, 1.82) is 0 Å². The standard InChI is InChI=1S/C25H36N2O/c1-3-10-24-14-19-13-23(16-24,20-7-5-4-6-8-20)17-25(24,15-19)22(28)27-21-9-11-26-18(2)12-21/h4-8,18-19,21,26H,3,9-17H2,1-2H3,(H,27,28)/t18-,19?,21-,23+,24+,25?/m0/s1. The van der Waals surface area contributed by atoms with Gasteiger partial charge in [-0.05, 0) is 87.1 Å². The molecular formula is C25H36N2O. The molecule has 4 saturated carbocycles. The Kier molecular flexibility index (Phi) is 4.39. The second-order valence-corrected chi connectivity index (χ2v) is 10.6. The molecule has 0 spiro atoms. The maximum atomic E-state index is 13.9. The van der Waals surface area contributed by atoms with Crippen LogP contribution in [0, 0.1) is 16.7 Å². The van der Waals surface area contributed by atoms with Crippen molar-refractivity contribution in [3.05, 3.63) is 35.9 Å². The molecule has 3 heteroatoms. The van der Waals surface area contributed by atoms with Crippen LogP contribution >= 0.6 is 0 Å². The van der Waals surface area contributed by atoms with Crippen LogP contribution in [0.3, 0.4) is 0 Å². The first-order valence-electron chi connectivity index (χ1n) is 11.6. The minimum Gasteiger partial charge on any atom is -0.353 e. The van der Waals surface area contributed by atoms with Gasteiger partial charge in [0.05, 0.1) is 5.41 Å². The van der Waals surface area contributed by atoms with Gasteiger partial charge in [0.25, 0.3) is 0 Å². The van der Waals surface area contributed by atoms with E-state index < -0.39 is 0 Å². The number of nitrogens with one attached hydrogen (secondary N) is 2. The fraction of sp³-hybridized carbons (Fsp3) is 0.720. The molecule has 2 unspecified atom stereocenters. The van der Waals surface area contributed by atoms with Crippen molar-refractivity contribution in [2.45, 2.75) is 89.1 Å². The summed E-state index contributed by atoms with van der Waals surface area (Å²) in [4.78, 5) is 13.9. The number of piperidine rings is 1. The quantitative estimate of drug-likeness (QED) is 0.786. The first-order valence-corrected chi connectivity index (χ1v) is 11.6. The van der Waals surface area contributed by atoms with E-state index in [0.717, 1.165) is 38.1 Å². The highest BCUT2D eigenvalue weighted by atomic mass is 16.2. The minimum absolute atomic E-state index is 0.129. The number of carbonyl (C=O) groups is 1. The van der Waals surface area contributed by atoms with E-state index >= 15 is 0 Å². The van der Waals surface area contributed by atoms with E-state index in [-0.39, 0.29) is 16.2 Å². The van der Waals surface area contributed by atoms with E-state index in [1.807, 2.05) is 0 Å². The Bertz CT molecular complexity index is 748. The Morgan fingerprint density at radius 3 is 2.75 bits per heavy atom. The molecule has 28 heavy (non-hydrogen) atoms. The molecule has 1 saturated heterocycles. The highest BCUT2D eigenvalue weighted by Gasteiger charge is 2.73. The molecule has 5 fully saturated rings. The molecule has 2 N–H and O–H groups in total. The molecule has 1 amide bonds. The van der Waals surface area contributed by atoms with Crippen molar-refractivity contribution >= 4 is 5.91 Å². The molecule has 1 aromatic carbocycles. The lowest BCUT2D eigenvalue weighted by Gasteiger charge is -2.41. The zero-order chi connectivity index (χ0) is 19.4. The predicted octanol–water partition coefficient (Wildman–Crippen LogP) is 4.56. The summed E-state index contributed by atoms with van der Waals surface area (Å²) >= 11 is 0. The summed E-state index contributed by atoms with van der Waals surface area (Å²) < 4.78 is 0. The van der Waals surface area contributed by atoms with Crippen molar-refractivity contribution in [2.75, 3.05) is 6.54 Å². The van der Waals surface area contributed by atoms with Crippen molar-refractivity contribution in [3.63, 3.8) is 0 Å². The Hall–Kier alpha value is -1.35. The SMILES string of the molecule is CCC[C@]12CC3CC1(C(=O)N[C@H]1CCN[C@@H](C)C1)C[C@@](c1ccccc1)(C3)C2. The third-order valence-electron chi connectivity index (χ3n) is 8.84.